The fraction of sp³-hybridized carbons (Fsp3) is 0.467. The maximum Gasteiger partial charge on any atom is 0.238 e. The van der Waals surface area contributed by atoms with Gasteiger partial charge in [-0.15, -0.1) is 5.10 Å². The maximum atomic E-state index is 11.3. The summed E-state index contributed by atoms with van der Waals surface area (Å²) in [5.74, 6) is 0. The second-order valence-electron chi connectivity index (χ2n) is 5.61. The Morgan fingerprint density at radius 3 is 2.82 bits per heavy atom. The van der Waals surface area contributed by atoms with Crippen molar-refractivity contribution in [2.75, 3.05) is 19.3 Å². The van der Waals surface area contributed by atoms with Gasteiger partial charge in [0.1, 0.15) is 6.33 Å². The van der Waals surface area contributed by atoms with Crippen molar-refractivity contribution in [3.05, 3.63) is 41.7 Å². The summed E-state index contributed by atoms with van der Waals surface area (Å²) < 4.78 is 12.8. The summed E-state index contributed by atoms with van der Waals surface area (Å²) in [4.78, 5) is 6.23. The third-order valence-corrected chi connectivity index (χ3v) is 4.55. The van der Waals surface area contributed by atoms with Gasteiger partial charge in [-0.05, 0) is 17.5 Å². The number of rotatable bonds is 5. The first-order chi connectivity index (χ1) is 10.6. The summed E-state index contributed by atoms with van der Waals surface area (Å²) in [7, 11) is -1.19. The standard InChI is InChI=1S/C15H20N4O2S/c1-22(21)15-16-11-19(17-15)10-14(20)9-18-7-6-12-4-2-3-5-13(12)8-18/h2-5,11,14,20H,6-10H2,1H3/t14-,22+/m1/s1. The molecular weight excluding hydrogens is 300 g/mol. The normalized spacial score (nSPS) is 17.9. The van der Waals surface area contributed by atoms with Gasteiger partial charge in [0.05, 0.1) is 23.4 Å². The fourth-order valence-corrected chi connectivity index (χ4v) is 3.19. The van der Waals surface area contributed by atoms with Crippen LogP contribution in [0.5, 0.6) is 0 Å². The van der Waals surface area contributed by atoms with Crippen molar-refractivity contribution in [2.45, 2.75) is 30.8 Å². The van der Waals surface area contributed by atoms with E-state index in [9.17, 15) is 9.32 Å². The number of aliphatic hydroxyl groups excluding tert-OH is 1. The first kappa shape index (κ1) is 15.3. The highest BCUT2D eigenvalue weighted by molar-refractivity contribution is 7.84. The van der Waals surface area contributed by atoms with E-state index in [0.717, 1.165) is 19.5 Å². The van der Waals surface area contributed by atoms with Crippen LogP contribution in [0.25, 0.3) is 0 Å². The zero-order chi connectivity index (χ0) is 15.5. The average Bonchev–Trinajstić information content (AvgIpc) is 2.95. The van der Waals surface area contributed by atoms with Gasteiger partial charge in [0.2, 0.25) is 5.16 Å². The van der Waals surface area contributed by atoms with E-state index in [4.69, 9.17) is 0 Å². The molecule has 1 aliphatic heterocycles. The third kappa shape index (κ3) is 3.60. The van der Waals surface area contributed by atoms with Gasteiger partial charge in [0.15, 0.2) is 0 Å². The molecule has 2 heterocycles. The molecule has 0 radical (unpaired) electrons. The summed E-state index contributed by atoms with van der Waals surface area (Å²) in [6, 6.07) is 8.45. The monoisotopic (exact) mass is 320 g/mol. The molecule has 0 spiro atoms. The van der Waals surface area contributed by atoms with E-state index >= 15 is 0 Å². The molecule has 118 valence electrons. The van der Waals surface area contributed by atoms with Gasteiger partial charge < -0.3 is 5.11 Å². The zero-order valence-electron chi connectivity index (χ0n) is 12.6. The molecule has 0 unspecified atom stereocenters. The topological polar surface area (TPSA) is 71.2 Å². The maximum absolute atomic E-state index is 11.3. The second kappa shape index (κ2) is 6.68. The number of nitrogens with zero attached hydrogens (tertiary/aromatic N) is 4. The summed E-state index contributed by atoms with van der Waals surface area (Å²) >= 11 is 0. The van der Waals surface area contributed by atoms with Gasteiger partial charge in [-0.25, -0.2) is 9.67 Å². The highest BCUT2D eigenvalue weighted by atomic mass is 32.2. The Kier molecular flexibility index (Phi) is 4.66. The smallest absolute Gasteiger partial charge is 0.238 e. The molecule has 22 heavy (non-hydrogen) atoms. The molecule has 2 aromatic rings. The molecule has 0 saturated carbocycles. The van der Waals surface area contributed by atoms with Crippen molar-refractivity contribution in [3.63, 3.8) is 0 Å². The summed E-state index contributed by atoms with van der Waals surface area (Å²) in [6.45, 7) is 2.78. The molecule has 0 aliphatic carbocycles. The fourth-order valence-electron chi connectivity index (χ4n) is 2.78. The molecule has 0 fully saturated rings. The molecule has 0 amide bonds. The number of benzene rings is 1. The van der Waals surface area contributed by atoms with Crippen molar-refractivity contribution in [1.82, 2.24) is 19.7 Å². The van der Waals surface area contributed by atoms with Crippen LogP contribution in [0, 0.1) is 0 Å². The van der Waals surface area contributed by atoms with Gasteiger partial charge in [0.25, 0.3) is 0 Å². The Morgan fingerprint density at radius 1 is 1.32 bits per heavy atom. The first-order valence-corrected chi connectivity index (χ1v) is 8.87. The SMILES string of the molecule is C[S@](=O)c1ncn(C[C@H](O)CN2CCc3ccccc3C2)n1. The highest BCUT2D eigenvalue weighted by Crippen LogP contribution is 2.18. The lowest BCUT2D eigenvalue weighted by molar-refractivity contribution is 0.0885. The van der Waals surface area contributed by atoms with Crippen molar-refractivity contribution in [1.29, 1.82) is 0 Å². The Hall–Kier alpha value is -1.57. The Bertz CT molecular complexity index is 673. The number of aliphatic hydroxyl groups is 1. The number of β-amino-alcohol motifs (C(OH)–C–C–N with tert-alkyl or cyclic N) is 1. The lowest BCUT2D eigenvalue weighted by Gasteiger charge is -2.30. The second-order valence-corrected chi connectivity index (χ2v) is 6.88. The molecule has 1 N–H and O–H groups in total. The molecule has 7 heteroatoms. The Morgan fingerprint density at radius 2 is 2.09 bits per heavy atom. The number of aromatic nitrogens is 3. The Labute approximate surface area is 132 Å². The van der Waals surface area contributed by atoms with E-state index < -0.39 is 16.9 Å². The van der Waals surface area contributed by atoms with Crippen molar-refractivity contribution in [2.24, 2.45) is 0 Å². The van der Waals surface area contributed by atoms with E-state index in [1.807, 2.05) is 0 Å². The molecule has 0 bridgehead atoms. The van der Waals surface area contributed by atoms with Crippen molar-refractivity contribution in [3.8, 4) is 0 Å². The number of fused-ring (bicyclic) bond motifs is 1. The highest BCUT2D eigenvalue weighted by Gasteiger charge is 2.19. The molecule has 6 nitrogen and oxygen atoms in total. The van der Waals surface area contributed by atoms with Crippen molar-refractivity contribution < 1.29 is 9.32 Å². The molecule has 0 saturated heterocycles. The summed E-state index contributed by atoms with van der Waals surface area (Å²) in [5, 5.41) is 14.7. The van der Waals surface area contributed by atoms with Gasteiger partial charge in [-0.1, -0.05) is 24.3 Å². The minimum Gasteiger partial charge on any atom is -0.390 e. The predicted molar refractivity (Wildman–Crippen MR) is 83.8 cm³/mol. The van der Waals surface area contributed by atoms with Crippen LogP contribution in [0.15, 0.2) is 35.7 Å². The quantitative estimate of drug-likeness (QED) is 0.865. The van der Waals surface area contributed by atoms with Gasteiger partial charge in [-0.3, -0.25) is 9.11 Å². The van der Waals surface area contributed by atoms with E-state index in [2.05, 4.69) is 39.2 Å². The number of hydrogen-bond acceptors (Lipinski definition) is 5. The summed E-state index contributed by atoms with van der Waals surface area (Å²) in [5.41, 5.74) is 2.74. The van der Waals surface area contributed by atoms with Crippen LogP contribution < -0.4 is 0 Å². The predicted octanol–water partition coefficient (Wildman–Crippen LogP) is 0.435. The molecule has 3 rings (SSSR count). The molecule has 1 aromatic carbocycles. The minimum absolute atomic E-state index is 0.305. The van der Waals surface area contributed by atoms with Crippen LogP contribution in [0.2, 0.25) is 0 Å². The van der Waals surface area contributed by atoms with Crippen LogP contribution >= 0.6 is 0 Å². The van der Waals surface area contributed by atoms with E-state index in [1.165, 1.54) is 17.5 Å². The van der Waals surface area contributed by atoms with Crippen LogP contribution in [-0.4, -0.2) is 54.4 Å². The van der Waals surface area contributed by atoms with Crippen molar-refractivity contribution >= 4 is 10.8 Å². The van der Waals surface area contributed by atoms with E-state index in [0.29, 0.717) is 18.2 Å². The van der Waals surface area contributed by atoms with Crippen LogP contribution in [0.1, 0.15) is 11.1 Å². The third-order valence-electron chi connectivity index (χ3n) is 3.85. The molecule has 1 aliphatic rings. The summed E-state index contributed by atoms with van der Waals surface area (Å²) in [6.07, 6.45) is 3.56. The zero-order valence-corrected chi connectivity index (χ0v) is 13.4. The van der Waals surface area contributed by atoms with Gasteiger partial charge in [0, 0.05) is 25.9 Å². The van der Waals surface area contributed by atoms with Crippen LogP contribution in [0.4, 0.5) is 0 Å². The largest absolute Gasteiger partial charge is 0.390 e. The van der Waals surface area contributed by atoms with E-state index in [-0.39, 0.29) is 0 Å². The minimum atomic E-state index is -1.19. The molecular formula is C15H20N4O2S. The Balaban J connectivity index is 1.56. The lowest BCUT2D eigenvalue weighted by atomic mass is 10.00. The van der Waals surface area contributed by atoms with Gasteiger partial charge in [-0.2, -0.15) is 0 Å². The van der Waals surface area contributed by atoms with E-state index in [1.54, 1.807) is 10.9 Å². The molecule has 2 atom stereocenters. The lowest BCUT2D eigenvalue weighted by Crippen LogP contribution is -2.38. The van der Waals surface area contributed by atoms with Crippen LogP contribution in [-0.2, 0) is 30.3 Å². The molecule has 1 aromatic heterocycles. The number of hydrogen-bond donors (Lipinski definition) is 1. The van der Waals surface area contributed by atoms with Gasteiger partial charge >= 0.3 is 0 Å². The first-order valence-electron chi connectivity index (χ1n) is 7.32. The van der Waals surface area contributed by atoms with Crippen LogP contribution in [0.3, 0.4) is 0 Å². The average molecular weight is 320 g/mol.